The van der Waals surface area contributed by atoms with Gasteiger partial charge in [-0.1, -0.05) is 48.5 Å². The highest BCUT2D eigenvalue weighted by atomic mass is 16.5. The maximum absolute atomic E-state index is 13.5. The zero-order valence-corrected chi connectivity index (χ0v) is 18.7. The van der Waals surface area contributed by atoms with Crippen LogP contribution in [-0.4, -0.2) is 60.6 Å². The second-order valence-electron chi connectivity index (χ2n) is 8.97. The molecular weight excluding hydrogens is 388 g/mol. The normalized spacial score (nSPS) is 24.0. The second-order valence-corrected chi connectivity index (χ2v) is 8.97. The smallest absolute Gasteiger partial charge is 0.268 e. The molecule has 3 atom stereocenters. The molecule has 2 aromatic carbocycles. The number of hydrogen-bond acceptors (Lipinski definition) is 4. The van der Waals surface area contributed by atoms with Crippen molar-refractivity contribution in [1.29, 1.82) is 0 Å². The van der Waals surface area contributed by atoms with Crippen LogP contribution >= 0.6 is 0 Å². The summed E-state index contributed by atoms with van der Waals surface area (Å²) in [5, 5.41) is 0. The van der Waals surface area contributed by atoms with E-state index < -0.39 is 6.10 Å². The van der Waals surface area contributed by atoms with E-state index in [0.717, 1.165) is 56.9 Å². The quantitative estimate of drug-likeness (QED) is 0.701. The van der Waals surface area contributed by atoms with Gasteiger partial charge in [0, 0.05) is 38.3 Å². The van der Waals surface area contributed by atoms with Gasteiger partial charge in [0.1, 0.15) is 5.75 Å². The number of rotatable bonds is 6. The molecule has 0 aliphatic carbocycles. The summed E-state index contributed by atoms with van der Waals surface area (Å²) in [5.41, 5.74) is 0.898. The fourth-order valence-electron chi connectivity index (χ4n) is 4.82. The molecule has 0 bridgehead atoms. The Balaban J connectivity index is 1.37. The molecule has 5 nitrogen and oxygen atoms in total. The van der Waals surface area contributed by atoms with E-state index >= 15 is 0 Å². The van der Waals surface area contributed by atoms with E-state index in [0.29, 0.717) is 18.1 Å². The SMILES string of the molecule is CC1CN(CC2CCN(C(=O)C(Oc3ccccc3)c3ccccc3)CC2)CC(C)O1. The predicted octanol–water partition coefficient (Wildman–Crippen LogP) is 4.15. The van der Waals surface area contributed by atoms with Gasteiger partial charge in [-0.2, -0.15) is 0 Å². The van der Waals surface area contributed by atoms with Crippen molar-refractivity contribution in [3.8, 4) is 5.75 Å². The Bertz CT molecular complexity index is 811. The van der Waals surface area contributed by atoms with Crippen LogP contribution in [0.4, 0.5) is 0 Å². The molecule has 31 heavy (non-hydrogen) atoms. The first-order valence-corrected chi connectivity index (χ1v) is 11.5. The molecule has 0 radical (unpaired) electrons. The zero-order valence-electron chi connectivity index (χ0n) is 18.7. The second kappa shape index (κ2) is 10.3. The molecule has 166 valence electrons. The molecule has 2 saturated heterocycles. The van der Waals surface area contributed by atoms with Gasteiger partial charge in [0.25, 0.3) is 5.91 Å². The van der Waals surface area contributed by atoms with Crippen molar-refractivity contribution in [2.75, 3.05) is 32.7 Å². The Morgan fingerprint density at radius 3 is 2.16 bits per heavy atom. The fourth-order valence-corrected chi connectivity index (χ4v) is 4.82. The van der Waals surface area contributed by atoms with Gasteiger partial charge in [0.2, 0.25) is 6.10 Å². The van der Waals surface area contributed by atoms with Crippen molar-refractivity contribution in [2.24, 2.45) is 5.92 Å². The summed E-state index contributed by atoms with van der Waals surface area (Å²) < 4.78 is 12.0. The van der Waals surface area contributed by atoms with Crippen LogP contribution in [0.15, 0.2) is 60.7 Å². The van der Waals surface area contributed by atoms with Crippen molar-refractivity contribution >= 4 is 5.91 Å². The minimum absolute atomic E-state index is 0.0575. The maximum atomic E-state index is 13.5. The van der Waals surface area contributed by atoms with Crippen LogP contribution in [0.2, 0.25) is 0 Å². The number of benzene rings is 2. The average Bonchev–Trinajstić information content (AvgIpc) is 2.78. The molecule has 1 amide bonds. The van der Waals surface area contributed by atoms with Gasteiger partial charge in [0.05, 0.1) is 12.2 Å². The van der Waals surface area contributed by atoms with Gasteiger partial charge in [-0.3, -0.25) is 9.69 Å². The number of carbonyl (C=O) groups excluding carboxylic acids is 1. The molecule has 4 rings (SSSR count). The summed E-state index contributed by atoms with van der Waals surface area (Å²) in [6.07, 6.45) is 2.07. The molecule has 3 unspecified atom stereocenters. The first-order chi connectivity index (χ1) is 15.1. The minimum Gasteiger partial charge on any atom is -0.476 e. The lowest BCUT2D eigenvalue weighted by Crippen LogP contribution is -2.49. The minimum atomic E-state index is -0.610. The van der Waals surface area contributed by atoms with E-state index in [1.165, 1.54) is 0 Å². The molecule has 0 N–H and O–H groups in total. The molecule has 0 aromatic heterocycles. The van der Waals surface area contributed by atoms with Crippen molar-refractivity contribution in [3.63, 3.8) is 0 Å². The number of hydrogen-bond donors (Lipinski definition) is 0. The number of nitrogens with zero attached hydrogens (tertiary/aromatic N) is 2. The van der Waals surface area contributed by atoms with Gasteiger partial charge in [-0.15, -0.1) is 0 Å². The van der Waals surface area contributed by atoms with Crippen molar-refractivity contribution in [1.82, 2.24) is 9.80 Å². The number of likely N-dealkylation sites (tertiary alicyclic amines) is 1. The molecule has 2 aromatic rings. The van der Waals surface area contributed by atoms with E-state index in [2.05, 4.69) is 18.7 Å². The van der Waals surface area contributed by atoms with Crippen LogP contribution in [0, 0.1) is 5.92 Å². The van der Waals surface area contributed by atoms with Gasteiger partial charge in [-0.25, -0.2) is 0 Å². The molecule has 0 spiro atoms. The Labute approximate surface area is 185 Å². The highest BCUT2D eigenvalue weighted by molar-refractivity contribution is 5.82. The molecule has 0 saturated carbocycles. The van der Waals surface area contributed by atoms with Crippen molar-refractivity contribution in [3.05, 3.63) is 66.2 Å². The highest BCUT2D eigenvalue weighted by Gasteiger charge is 2.32. The molecule has 2 aliphatic rings. The van der Waals surface area contributed by atoms with Crippen LogP contribution in [0.3, 0.4) is 0 Å². The topological polar surface area (TPSA) is 42.0 Å². The summed E-state index contributed by atoms with van der Waals surface area (Å²) in [6, 6.07) is 19.4. The number of piperidine rings is 1. The third-order valence-electron chi connectivity index (χ3n) is 6.26. The van der Waals surface area contributed by atoms with E-state index in [9.17, 15) is 4.79 Å². The Kier molecular flexibility index (Phi) is 7.25. The third kappa shape index (κ3) is 5.86. The van der Waals surface area contributed by atoms with Crippen molar-refractivity contribution in [2.45, 2.75) is 45.0 Å². The van der Waals surface area contributed by atoms with Crippen LogP contribution < -0.4 is 4.74 Å². The van der Waals surface area contributed by atoms with Gasteiger partial charge in [-0.05, 0) is 44.7 Å². The van der Waals surface area contributed by atoms with Gasteiger partial charge >= 0.3 is 0 Å². The van der Waals surface area contributed by atoms with Gasteiger partial charge < -0.3 is 14.4 Å². The molecule has 2 aliphatic heterocycles. The van der Waals surface area contributed by atoms with Crippen molar-refractivity contribution < 1.29 is 14.3 Å². The Morgan fingerprint density at radius 1 is 0.968 bits per heavy atom. The molecular formula is C26H34N2O3. The van der Waals surface area contributed by atoms with E-state index in [1.807, 2.05) is 65.6 Å². The van der Waals surface area contributed by atoms with Gasteiger partial charge in [0.15, 0.2) is 0 Å². The first-order valence-electron chi connectivity index (χ1n) is 11.5. The fraction of sp³-hybridized carbons (Fsp3) is 0.500. The summed E-state index contributed by atoms with van der Waals surface area (Å²) in [5.74, 6) is 1.41. The summed E-state index contributed by atoms with van der Waals surface area (Å²) in [7, 11) is 0. The van der Waals surface area contributed by atoms with E-state index in [-0.39, 0.29) is 5.91 Å². The van der Waals surface area contributed by atoms with Crippen LogP contribution in [0.1, 0.15) is 38.4 Å². The monoisotopic (exact) mass is 422 g/mol. The number of morpholine rings is 1. The Hall–Kier alpha value is -2.37. The number of carbonyl (C=O) groups is 1. The average molecular weight is 423 g/mol. The highest BCUT2D eigenvalue weighted by Crippen LogP contribution is 2.27. The maximum Gasteiger partial charge on any atom is 0.268 e. The molecule has 2 fully saturated rings. The lowest BCUT2D eigenvalue weighted by Gasteiger charge is -2.40. The van der Waals surface area contributed by atoms with E-state index in [1.54, 1.807) is 0 Å². The lowest BCUT2D eigenvalue weighted by molar-refractivity contribution is -0.140. The number of amides is 1. The Morgan fingerprint density at radius 2 is 1.55 bits per heavy atom. The zero-order chi connectivity index (χ0) is 21.6. The lowest BCUT2D eigenvalue weighted by atomic mass is 9.95. The largest absolute Gasteiger partial charge is 0.476 e. The third-order valence-corrected chi connectivity index (χ3v) is 6.26. The predicted molar refractivity (Wildman–Crippen MR) is 122 cm³/mol. The summed E-state index contributed by atoms with van der Waals surface area (Å²) in [6.45, 7) is 9.00. The summed E-state index contributed by atoms with van der Waals surface area (Å²) in [4.78, 5) is 18.0. The van der Waals surface area contributed by atoms with Crippen LogP contribution in [0.25, 0.3) is 0 Å². The van der Waals surface area contributed by atoms with Crippen LogP contribution in [-0.2, 0) is 9.53 Å². The number of para-hydroxylation sites is 1. The molecule has 5 heteroatoms. The molecule has 2 heterocycles. The van der Waals surface area contributed by atoms with E-state index in [4.69, 9.17) is 9.47 Å². The standard InChI is InChI=1S/C26H34N2O3/c1-20-17-27(18-21(2)30-20)19-22-13-15-28(16-14-22)26(29)25(23-9-5-3-6-10-23)31-24-11-7-4-8-12-24/h3-12,20-22,25H,13-19H2,1-2H3. The summed E-state index contributed by atoms with van der Waals surface area (Å²) >= 11 is 0. The number of ether oxygens (including phenoxy) is 2. The first kappa shape index (κ1) is 21.8. The van der Waals surface area contributed by atoms with Crippen LogP contribution in [0.5, 0.6) is 5.75 Å².